The van der Waals surface area contributed by atoms with E-state index < -0.39 is 0 Å². The van der Waals surface area contributed by atoms with Gasteiger partial charge in [-0.15, -0.1) is 0 Å². The van der Waals surface area contributed by atoms with Crippen LogP contribution in [0.25, 0.3) is 0 Å². The third-order valence-electron chi connectivity index (χ3n) is 4.47. The number of hydrogen-bond donors (Lipinski definition) is 1. The summed E-state index contributed by atoms with van der Waals surface area (Å²) in [6.45, 7) is 1.10. The number of carbonyl (C=O) groups is 1. The minimum absolute atomic E-state index is 0.150. The van der Waals surface area contributed by atoms with E-state index in [0.29, 0.717) is 36.9 Å². The minimum Gasteiger partial charge on any atom is -0.341 e. The van der Waals surface area contributed by atoms with E-state index in [1.165, 1.54) is 12.1 Å². The van der Waals surface area contributed by atoms with Crippen molar-refractivity contribution in [3.8, 4) is 0 Å². The van der Waals surface area contributed by atoms with E-state index in [1.807, 2.05) is 42.5 Å². The zero-order valence-corrected chi connectivity index (χ0v) is 15.2. The van der Waals surface area contributed by atoms with Crippen molar-refractivity contribution in [2.24, 2.45) is 4.99 Å². The molecule has 1 aliphatic heterocycles. The van der Waals surface area contributed by atoms with Crippen molar-refractivity contribution >= 4 is 17.4 Å². The molecule has 0 radical (unpaired) electrons. The van der Waals surface area contributed by atoms with Crippen LogP contribution in [0.5, 0.6) is 0 Å². The van der Waals surface area contributed by atoms with Crippen molar-refractivity contribution < 1.29 is 9.18 Å². The number of anilines is 1. The SMILES string of the molecule is O=C1c2ncccc2NC(=NCc2cccc(F)c2)CN1Cc1ccccc1. The number of aromatic nitrogens is 1. The Hall–Kier alpha value is -3.54. The number of benzene rings is 2. The molecule has 2 aromatic carbocycles. The zero-order valence-electron chi connectivity index (χ0n) is 15.2. The number of amides is 1. The summed E-state index contributed by atoms with van der Waals surface area (Å²) in [5, 5.41) is 3.22. The summed E-state index contributed by atoms with van der Waals surface area (Å²) in [5.74, 6) is 0.199. The molecule has 0 bridgehead atoms. The number of halogens is 1. The molecule has 4 rings (SSSR count). The van der Waals surface area contributed by atoms with Gasteiger partial charge in [0.15, 0.2) is 5.69 Å². The fourth-order valence-electron chi connectivity index (χ4n) is 3.12. The number of pyridine rings is 1. The molecule has 1 aromatic heterocycles. The van der Waals surface area contributed by atoms with E-state index in [9.17, 15) is 9.18 Å². The summed E-state index contributed by atoms with van der Waals surface area (Å²) < 4.78 is 13.4. The van der Waals surface area contributed by atoms with E-state index in [-0.39, 0.29) is 11.7 Å². The fourth-order valence-corrected chi connectivity index (χ4v) is 3.12. The van der Waals surface area contributed by atoms with Crippen LogP contribution in [0.4, 0.5) is 10.1 Å². The van der Waals surface area contributed by atoms with Crippen molar-refractivity contribution in [2.45, 2.75) is 13.1 Å². The monoisotopic (exact) mass is 374 g/mol. The van der Waals surface area contributed by atoms with Crippen molar-refractivity contribution in [3.63, 3.8) is 0 Å². The summed E-state index contributed by atoms with van der Waals surface area (Å²) in [5.41, 5.74) is 2.79. The van der Waals surface area contributed by atoms with Gasteiger partial charge in [-0.2, -0.15) is 0 Å². The standard InChI is InChI=1S/C22H19FN4O/c23-18-9-4-8-17(12-18)13-25-20-15-27(14-16-6-2-1-3-7-16)22(28)21-19(26-20)10-5-11-24-21/h1-12H,13-15H2,(H,25,26). The first-order valence-corrected chi connectivity index (χ1v) is 9.02. The molecule has 0 atom stereocenters. The van der Waals surface area contributed by atoms with Crippen LogP contribution < -0.4 is 5.32 Å². The van der Waals surface area contributed by atoms with E-state index >= 15 is 0 Å². The van der Waals surface area contributed by atoms with Crippen LogP contribution in [0, 0.1) is 5.82 Å². The van der Waals surface area contributed by atoms with Gasteiger partial charge in [-0.25, -0.2) is 9.37 Å². The van der Waals surface area contributed by atoms with E-state index in [0.717, 1.165) is 11.1 Å². The molecule has 0 saturated carbocycles. The largest absolute Gasteiger partial charge is 0.341 e. The molecule has 0 saturated heterocycles. The van der Waals surface area contributed by atoms with Gasteiger partial charge < -0.3 is 10.2 Å². The Morgan fingerprint density at radius 1 is 1.04 bits per heavy atom. The van der Waals surface area contributed by atoms with Crippen molar-refractivity contribution in [3.05, 3.63) is 95.6 Å². The Kier molecular flexibility index (Phi) is 5.10. The topological polar surface area (TPSA) is 57.6 Å². The summed E-state index contributed by atoms with van der Waals surface area (Å²) in [6.07, 6.45) is 1.61. The number of rotatable bonds is 4. The number of hydrogen-bond acceptors (Lipinski definition) is 3. The van der Waals surface area contributed by atoms with Crippen LogP contribution in [0.2, 0.25) is 0 Å². The first-order chi connectivity index (χ1) is 13.7. The van der Waals surface area contributed by atoms with Crippen molar-refractivity contribution in [1.82, 2.24) is 9.88 Å². The number of nitrogens with one attached hydrogen (secondary N) is 1. The van der Waals surface area contributed by atoms with Gasteiger partial charge in [0.25, 0.3) is 5.91 Å². The predicted molar refractivity (Wildman–Crippen MR) is 107 cm³/mol. The van der Waals surface area contributed by atoms with Gasteiger partial charge in [0.05, 0.1) is 18.8 Å². The second-order valence-corrected chi connectivity index (χ2v) is 6.56. The predicted octanol–water partition coefficient (Wildman–Crippen LogP) is 3.89. The molecule has 6 heteroatoms. The van der Waals surface area contributed by atoms with E-state index in [2.05, 4.69) is 15.3 Å². The second kappa shape index (κ2) is 8.00. The van der Waals surface area contributed by atoms with Gasteiger partial charge in [0.1, 0.15) is 11.7 Å². The van der Waals surface area contributed by atoms with Crippen LogP contribution in [0.1, 0.15) is 21.6 Å². The molecule has 3 aromatic rings. The summed E-state index contributed by atoms with van der Waals surface area (Å²) in [4.78, 5) is 23.6. The Balaban J connectivity index is 1.63. The van der Waals surface area contributed by atoms with Crippen LogP contribution in [0.15, 0.2) is 77.9 Å². The summed E-state index contributed by atoms with van der Waals surface area (Å²) in [7, 11) is 0. The molecule has 2 heterocycles. The average Bonchev–Trinajstić information content (AvgIpc) is 2.84. The first-order valence-electron chi connectivity index (χ1n) is 9.02. The lowest BCUT2D eigenvalue weighted by Crippen LogP contribution is -2.35. The quantitative estimate of drug-likeness (QED) is 0.754. The zero-order chi connectivity index (χ0) is 19.3. The fraction of sp³-hybridized carbons (Fsp3) is 0.136. The van der Waals surface area contributed by atoms with Crippen LogP contribution >= 0.6 is 0 Å². The minimum atomic E-state index is -0.290. The maximum absolute atomic E-state index is 13.4. The van der Waals surface area contributed by atoms with Gasteiger partial charge in [-0.1, -0.05) is 42.5 Å². The van der Waals surface area contributed by atoms with Crippen LogP contribution in [-0.4, -0.2) is 28.2 Å². The Morgan fingerprint density at radius 2 is 1.86 bits per heavy atom. The molecule has 140 valence electrons. The Bertz CT molecular complexity index is 1020. The molecule has 1 amide bonds. The van der Waals surface area contributed by atoms with E-state index in [4.69, 9.17) is 0 Å². The number of amidine groups is 1. The Morgan fingerprint density at radius 3 is 2.68 bits per heavy atom. The highest BCUT2D eigenvalue weighted by Crippen LogP contribution is 2.20. The third kappa shape index (κ3) is 4.06. The van der Waals surface area contributed by atoms with Crippen molar-refractivity contribution in [2.75, 3.05) is 11.9 Å². The summed E-state index contributed by atoms with van der Waals surface area (Å²) >= 11 is 0. The normalized spacial score (nSPS) is 15.1. The number of aliphatic imine (C=N–C) groups is 1. The molecular formula is C22H19FN4O. The van der Waals surface area contributed by atoms with Gasteiger partial charge in [0, 0.05) is 12.7 Å². The molecule has 0 fully saturated rings. The van der Waals surface area contributed by atoms with Crippen LogP contribution in [0.3, 0.4) is 0 Å². The average molecular weight is 374 g/mol. The van der Waals surface area contributed by atoms with Gasteiger partial charge >= 0.3 is 0 Å². The lowest BCUT2D eigenvalue weighted by Gasteiger charge is -2.20. The molecule has 5 nitrogen and oxygen atoms in total. The highest BCUT2D eigenvalue weighted by molar-refractivity contribution is 6.09. The van der Waals surface area contributed by atoms with Crippen molar-refractivity contribution in [1.29, 1.82) is 0 Å². The van der Waals surface area contributed by atoms with Gasteiger partial charge in [-0.05, 0) is 35.4 Å². The maximum Gasteiger partial charge on any atom is 0.275 e. The molecule has 1 aliphatic rings. The number of fused-ring (bicyclic) bond motifs is 1. The molecule has 0 unspecified atom stereocenters. The molecular weight excluding hydrogens is 355 g/mol. The molecule has 28 heavy (non-hydrogen) atoms. The van der Waals surface area contributed by atoms with E-state index in [1.54, 1.807) is 23.2 Å². The molecule has 0 aliphatic carbocycles. The van der Waals surface area contributed by atoms with Gasteiger partial charge in [-0.3, -0.25) is 9.79 Å². The number of nitrogens with zero attached hydrogens (tertiary/aromatic N) is 3. The lowest BCUT2D eigenvalue weighted by atomic mass is 10.2. The van der Waals surface area contributed by atoms with Crippen LogP contribution in [-0.2, 0) is 13.1 Å². The lowest BCUT2D eigenvalue weighted by molar-refractivity contribution is 0.0766. The highest BCUT2D eigenvalue weighted by Gasteiger charge is 2.26. The number of carbonyl (C=O) groups excluding carboxylic acids is 1. The first kappa shape index (κ1) is 17.9. The summed E-state index contributed by atoms with van der Waals surface area (Å²) in [6, 6.07) is 19.7. The molecule has 0 spiro atoms. The highest BCUT2D eigenvalue weighted by atomic mass is 19.1. The van der Waals surface area contributed by atoms with Gasteiger partial charge in [0.2, 0.25) is 0 Å². The Labute approximate surface area is 162 Å². The maximum atomic E-state index is 13.4. The second-order valence-electron chi connectivity index (χ2n) is 6.56. The third-order valence-corrected chi connectivity index (χ3v) is 4.47. The molecule has 1 N–H and O–H groups in total. The smallest absolute Gasteiger partial charge is 0.275 e.